The summed E-state index contributed by atoms with van der Waals surface area (Å²) in [5, 5.41) is 8.79. The molecule has 0 amide bonds. The maximum Gasteiger partial charge on any atom is 0.337 e. The Hall–Kier alpha value is -2.11. The van der Waals surface area contributed by atoms with Crippen LogP contribution in [0.5, 0.6) is 0 Å². The fraction of sp³-hybridized carbons (Fsp3) is 0.417. The zero-order chi connectivity index (χ0) is 13.9. The van der Waals surface area contributed by atoms with Crippen LogP contribution in [0.3, 0.4) is 0 Å². The molecule has 0 spiro atoms. The second-order valence-electron chi connectivity index (χ2n) is 4.78. The number of aromatic carboxylic acids is 1. The van der Waals surface area contributed by atoms with E-state index >= 15 is 0 Å². The van der Waals surface area contributed by atoms with E-state index in [0.29, 0.717) is 0 Å². The van der Waals surface area contributed by atoms with E-state index in [1.54, 1.807) is 20.8 Å². The van der Waals surface area contributed by atoms with Gasteiger partial charge in [-0.3, -0.25) is 9.59 Å². The highest BCUT2D eigenvalue weighted by molar-refractivity contribution is 5.87. The van der Waals surface area contributed by atoms with Crippen molar-refractivity contribution in [2.75, 3.05) is 0 Å². The zero-order valence-corrected chi connectivity index (χ0v) is 10.5. The zero-order valence-electron chi connectivity index (χ0n) is 10.5. The molecule has 0 fully saturated rings. The van der Waals surface area contributed by atoms with Crippen molar-refractivity contribution in [3.05, 3.63) is 34.2 Å². The van der Waals surface area contributed by atoms with Crippen LogP contribution in [0.1, 0.15) is 31.1 Å². The third-order valence-corrected chi connectivity index (χ3v) is 1.95. The van der Waals surface area contributed by atoms with Crippen LogP contribution in [-0.4, -0.2) is 27.2 Å². The second kappa shape index (κ2) is 5.03. The Bertz CT molecular complexity index is 524. The van der Waals surface area contributed by atoms with Gasteiger partial charge in [0.25, 0.3) is 5.56 Å². The first-order valence-electron chi connectivity index (χ1n) is 5.35. The molecule has 1 aromatic rings. The molecule has 0 radical (unpaired) electrons. The van der Waals surface area contributed by atoms with Crippen molar-refractivity contribution in [3.63, 3.8) is 0 Å². The standard InChI is InChI=1S/C12H15NO5/c1-12(2,3)18-10(15)7-13-6-8(11(16)17)4-5-9(13)14/h4-6H,7H2,1-3H3,(H,16,17). The average molecular weight is 253 g/mol. The highest BCUT2D eigenvalue weighted by Crippen LogP contribution is 2.07. The second-order valence-corrected chi connectivity index (χ2v) is 4.78. The molecule has 6 heteroatoms. The molecule has 1 aromatic heterocycles. The lowest BCUT2D eigenvalue weighted by Gasteiger charge is -2.19. The first-order chi connectivity index (χ1) is 8.19. The van der Waals surface area contributed by atoms with Gasteiger partial charge in [-0.2, -0.15) is 0 Å². The highest BCUT2D eigenvalue weighted by Gasteiger charge is 2.17. The summed E-state index contributed by atoms with van der Waals surface area (Å²) in [5.41, 5.74) is -1.16. The molecule has 98 valence electrons. The maximum atomic E-state index is 11.5. The van der Waals surface area contributed by atoms with Gasteiger partial charge in [-0.15, -0.1) is 0 Å². The number of hydrogen-bond acceptors (Lipinski definition) is 4. The van der Waals surface area contributed by atoms with E-state index in [1.807, 2.05) is 0 Å². The van der Waals surface area contributed by atoms with E-state index in [2.05, 4.69) is 0 Å². The first-order valence-corrected chi connectivity index (χ1v) is 5.35. The molecule has 0 saturated heterocycles. The van der Waals surface area contributed by atoms with Gasteiger partial charge in [0.15, 0.2) is 0 Å². The Kier molecular flexibility index (Phi) is 3.90. The molecule has 6 nitrogen and oxygen atoms in total. The number of ether oxygens (including phenoxy) is 1. The van der Waals surface area contributed by atoms with E-state index in [0.717, 1.165) is 16.8 Å². The molecule has 1 N–H and O–H groups in total. The minimum Gasteiger partial charge on any atom is -0.478 e. The van der Waals surface area contributed by atoms with Crippen molar-refractivity contribution in [3.8, 4) is 0 Å². The molecule has 0 unspecified atom stereocenters. The van der Waals surface area contributed by atoms with Crippen LogP contribution in [0.15, 0.2) is 23.1 Å². The summed E-state index contributed by atoms with van der Waals surface area (Å²) in [6.07, 6.45) is 1.12. The third kappa shape index (κ3) is 4.04. The van der Waals surface area contributed by atoms with Gasteiger partial charge >= 0.3 is 11.9 Å². The van der Waals surface area contributed by atoms with Gasteiger partial charge in [0.05, 0.1) is 5.56 Å². The van der Waals surface area contributed by atoms with Crippen molar-refractivity contribution in [1.29, 1.82) is 0 Å². The van der Waals surface area contributed by atoms with E-state index in [-0.39, 0.29) is 12.1 Å². The van der Waals surface area contributed by atoms with Crippen LogP contribution in [0.2, 0.25) is 0 Å². The van der Waals surface area contributed by atoms with Gasteiger partial charge in [0.1, 0.15) is 12.1 Å². The van der Waals surface area contributed by atoms with Crippen molar-refractivity contribution in [2.24, 2.45) is 0 Å². The van der Waals surface area contributed by atoms with E-state index in [4.69, 9.17) is 9.84 Å². The van der Waals surface area contributed by atoms with Gasteiger partial charge in [0.2, 0.25) is 0 Å². The normalized spacial score (nSPS) is 11.1. The van der Waals surface area contributed by atoms with Crippen LogP contribution in [0, 0.1) is 0 Å². The summed E-state index contributed by atoms with van der Waals surface area (Å²) in [7, 11) is 0. The Morgan fingerprint density at radius 3 is 2.44 bits per heavy atom. The van der Waals surface area contributed by atoms with Crippen LogP contribution < -0.4 is 5.56 Å². The van der Waals surface area contributed by atoms with Crippen LogP contribution in [-0.2, 0) is 16.1 Å². The lowest BCUT2D eigenvalue weighted by atomic mass is 10.2. The van der Waals surface area contributed by atoms with Crippen LogP contribution in [0.4, 0.5) is 0 Å². The Labute approximate surface area is 104 Å². The summed E-state index contributed by atoms with van der Waals surface area (Å²) in [6, 6.07) is 2.30. The molecular formula is C12H15NO5. The van der Waals surface area contributed by atoms with Crippen LogP contribution >= 0.6 is 0 Å². The number of carbonyl (C=O) groups excluding carboxylic acids is 1. The van der Waals surface area contributed by atoms with Crippen molar-refractivity contribution < 1.29 is 19.4 Å². The van der Waals surface area contributed by atoms with Crippen molar-refractivity contribution >= 4 is 11.9 Å². The quantitative estimate of drug-likeness (QED) is 0.808. The molecule has 1 heterocycles. The SMILES string of the molecule is CC(C)(C)OC(=O)Cn1cc(C(=O)O)ccc1=O. The van der Waals surface area contributed by atoms with Gasteiger partial charge in [0, 0.05) is 12.3 Å². The molecule has 0 atom stereocenters. The number of esters is 1. The first kappa shape index (κ1) is 14.0. The number of nitrogens with zero attached hydrogens (tertiary/aromatic N) is 1. The monoisotopic (exact) mass is 253 g/mol. The summed E-state index contributed by atoms with van der Waals surface area (Å²) < 4.78 is 6.06. The van der Waals surface area contributed by atoms with E-state index in [1.165, 1.54) is 6.07 Å². The number of pyridine rings is 1. The molecule has 0 saturated carbocycles. The summed E-state index contributed by atoms with van der Waals surface area (Å²) in [6.45, 7) is 4.82. The highest BCUT2D eigenvalue weighted by atomic mass is 16.6. The Morgan fingerprint density at radius 2 is 1.94 bits per heavy atom. The lowest BCUT2D eigenvalue weighted by Crippen LogP contribution is -2.30. The largest absolute Gasteiger partial charge is 0.478 e. The number of hydrogen-bond donors (Lipinski definition) is 1. The summed E-state index contributed by atoms with van der Waals surface area (Å²) in [5.74, 6) is -1.75. The number of carboxylic acids is 1. The predicted molar refractivity (Wildman–Crippen MR) is 63.5 cm³/mol. The predicted octanol–water partition coefficient (Wildman–Crippen LogP) is 0.888. The van der Waals surface area contributed by atoms with Crippen molar-refractivity contribution in [2.45, 2.75) is 32.9 Å². The molecule has 0 aliphatic heterocycles. The molecule has 1 rings (SSSR count). The third-order valence-electron chi connectivity index (χ3n) is 1.95. The Balaban J connectivity index is 2.91. The van der Waals surface area contributed by atoms with E-state index < -0.39 is 23.1 Å². The van der Waals surface area contributed by atoms with Gasteiger partial charge in [-0.25, -0.2) is 4.79 Å². The molecular weight excluding hydrogens is 238 g/mol. The smallest absolute Gasteiger partial charge is 0.337 e. The molecule has 0 aliphatic rings. The maximum absolute atomic E-state index is 11.5. The molecule has 0 aromatic carbocycles. The lowest BCUT2D eigenvalue weighted by molar-refractivity contribution is -0.155. The average Bonchev–Trinajstić information content (AvgIpc) is 2.18. The van der Waals surface area contributed by atoms with Crippen molar-refractivity contribution in [1.82, 2.24) is 4.57 Å². The van der Waals surface area contributed by atoms with E-state index in [9.17, 15) is 14.4 Å². The van der Waals surface area contributed by atoms with Crippen LogP contribution in [0.25, 0.3) is 0 Å². The number of aromatic nitrogens is 1. The van der Waals surface area contributed by atoms with Gasteiger partial charge < -0.3 is 14.4 Å². The topological polar surface area (TPSA) is 85.6 Å². The number of rotatable bonds is 3. The Morgan fingerprint density at radius 1 is 1.33 bits per heavy atom. The fourth-order valence-electron chi connectivity index (χ4n) is 1.29. The minimum atomic E-state index is -1.16. The summed E-state index contributed by atoms with van der Waals surface area (Å²) in [4.78, 5) is 33.7. The molecule has 0 aliphatic carbocycles. The molecule has 0 bridgehead atoms. The number of carboxylic acid groups (broad SMARTS) is 1. The fourth-order valence-corrected chi connectivity index (χ4v) is 1.29. The summed E-state index contributed by atoms with van der Waals surface area (Å²) >= 11 is 0. The molecule has 18 heavy (non-hydrogen) atoms. The van der Waals surface area contributed by atoms with Gasteiger partial charge in [-0.1, -0.05) is 0 Å². The number of carbonyl (C=O) groups is 2. The minimum absolute atomic E-state index is 0.0573. The van der Waals surface area contributed by atoms with Gasteiger partial charge in [-0.05, 0) is 26.8 Å².